The number of rotatable bonds is 1. The molecule has 12 heavy (non-hydrogen) atoms. The van der Waals surface area contributed by atoms with Crippen molar-refractivity contribution in [3.8, 4) is 0 Å². The fourth-order valence-corrected chi connectivity index (χ4v) is 3.64. The summed E-state index contributed by atoms with van der Waals surface area (Å²) in [5.74, 6) is 3.91. The normalized spacial score (nSPS) is 52.8. The highest BCUT2D eigenvalue weighted by molar-refractivity contribution is 5.04. The van der Waals surface area contributed by atoms with E-state index in [1.54, 1.807) is 0 Å². The third kappa shape index (κ3) is 0.783. The van der Waals surface area contributed by atoms with E-state index in [2.05, 4.69) is 6.92 Å². The highest BCUT2D eigenvalue weighted by atomic mass is 16.5. The van der Waals surface area contributed by atoms with Crippen LogP contribution in [0, 0.1) is 23.7 Å². The molecule has 68 valence electrons. The molecule has 0 aromatic carbocycles. The Kier molecular flexibility index (Phi) is 1.52. The van der Waals surface area contributed by atoms with Crippen LogP contribution in [0.5, 0.6) is 0 Å². The lowest BCUT2D eigenvalue weighted by Crippen LogP contribution is -2.63. The molecule has 4 unspecified atom stereocenters. The molecule has 0 radical (unpaired) electrons. The van der Waals surface area contributed by atoms with Crippen molar-refractivity contribution in [1.82, 2.24) is 0 Å². The van der Waals surface area contributed by atoms with E-state index in [0.29, 0.717) is 6.10 Å². The zero-order chi connectivity index (χ0) is 8.13. The molecular weight excluding hydrogens is 148 g/mol. The van der Waals surface area contributed by atoms with Gasteiger partial charge in [0.2, 0.25) is 0 Å². The van der Waals surface area contributed by atoms with Crippen molar-refractivity contribution in [1.29, 1.82) is 0 Å². The van der Waals surface area contributed by atoms with Gasteiger partial charge in [0, 0.05) is 5.92 Å². The Bertz CT molecular complexity index is 177. The quantitative estimate of drug-likeness (QED) is 0.581. The van der Waals surface area contributed by atoms with Crippen molar-refractivity contribution in [2.75, 3.05) is 6.61 Å². The highest BCUT2D eigenvalue weighted by Crippen LogP contribution is 2.55. The van der Waals surface area contributed by atoms with Crippen molar-refractivity contribution in [3.05, 3.63) is 0 Å². The Labute approximate surface area is 74.5 Å². The van der Waals surface area contributed by atoms with Gasteiger partial charge in [-0.2, -0.15) is 0 Å². The summed E-state index contributed by atoms with van der Waals surface area (Å²) >= 11 is 0. The maximum atomic E-state index is 5.63. The second-order valence-corrected chi connectivity index (χ2v) is 4.94. The topological polar surface area (TPSA) is 9.23 Å². The van der Waals surface area contributed by atoms with E-state index in [1.807, 2.05) is 0 Å². The van der Waals surface area contributed by atoms with Gasteiger partial charge in [0.05, 0.1) is 12.7 Å². The predicted octanol–water partition coefficient (Wildman–Crippen LogP) is 2.46. The minimum Gasteiger partial charge on any atom is -0.377 e. The summed E-state index contributed by atoms with van der Waals surface area (Å²) in [7, 11) is 0. The van der Waals surface area contributed by atoms with Crippen LogP contribution >= 0.6 is 0 Å². The molecule has 1 nitrogen and oxygen atoms in total. The van der Waals surface area contributed by atoms with E-state index in [-0.39, 0.29) is 0 Å². The van der Waals surface area contributed by atoms with Gasteiger partial charge in [0.15, 0.2) is 0 Å². The first-order valence-corrected chi connectivity index (χ1v) is 5.49. The fourth-order valence-electron chi connectivity index (χ4n) is 3.64. The van der Waals surface area contributed by atoms with Crippen molar-refractivity contribution in [2.24, 2.45) is 23.7 Å². The lowest BCUT2D eigenvalue weighted by Gasteiger charge is -2.59. The summed E-state index contributed by atoms with van der Waals surface area (Å²) in [5, 5.41) is 0. The molecule has 0 spiro atoms. The first-order valence-electron chi connectivity index (χ1n) is 5.49. The molecule has 0 N–H and O–H groups in total. The van der Waals surface area contributed by atoms with E-state index in [0.717, 1.165) is 30.3 Å². The van der Waals surface area contributed by atoms with Crippen LogP contribution in [0.1, 0.15) is 32.6 Å². The van der Waals surface area contributed by atoms with Gasteiger partial charge in [0.25, 0.3) is 0 Å². The monoisotopic (exact) mass is 166 g/mol. The Morgan fingerprint density at radius 2 is 1.92 bits per heavy atom. The Balaban J connectivity index is 1.68. The first kappa shape index (κ1) is 7.37. The van der Waals surface area contributed by atoms with Crippen LogP contribution in [0.4, 0.5) is 0 Å². The highest BCUT2D eigenvalue weighted by Gasteiger charge is 2.57. The van der Waals surface area contributed by atoms with E-state index in [4.69, 9.17) is 4.74 Å². The van der Waals surface area contributed by atoms with Gasteiger partial charge in [-0.3, -0.25) is 0 Å². The molecule has 0 aromatic rings. The molecule has 1 heteroatoms. The van der Waals surface area contributed by atoms with Crippen LogP contribution in [-0.2, 0) is 4.74 Å². The van der Waals surface area contributed by atoms with Gasteiger partial charge in [-0.1, -0.05) is 32.6 Å². The third-order valence-corrected chi connectivity index (χ3v) is 4.51. The molecule has 3 rings (SSSR count). The predicted molar refractivity (Wildman–Crippen MR) is 47.8 cm³/mol. The summed E-state index contributed by atoms with van der Waals surface area (Å²) in [6.45, 7) is 3.50. The molecule has 0 aromatic heterocycles. The smallest absolute Gasteiger partial charge is 0.0661 e. The summed E-state index contributed by atoms with van der Waals surface area (Å²) in [5.41, 5.74) is 0. The number of hydrogen-bond donors (Lipinski definition) is 0. The second kappa shape index (κ2) is 2.47. The largest absolute Gasteiger partial charge is 0.377 e. The zero-order valence-corrected chi connectivity index (χ0v) is 7.83. The van der Waals surface area contributed by atoms with Gasteiger partial charge >= 0.3 is 0 Å². The van der Waals surface area contributed by atoms with Crippen molar-refractivity contribution >= 4 is 0 Å². The average molecular weight is 166 g/mol. The first-order chi connectivity index (χ1) is 5.88. The maximum absolute atomic E-state index is 5.63. The molecular formula is C11H18O. The maximum Gasteiger partial charge on any atom is 0.0661 e. The second-order valence-electron chi connectivity index (χ2n) is 4.94. The van der Waals surface area contributed by atoms with Gasteiger partial charge < -0.3 is 4.74 Å². The summed E-state index contributed by atoms with van der Waals surface area (Å²) in [6, 6.07) is 0. The van der Waals surface area contributed by atoms with Gasteiger partial charge in [0.1, 0.15) is 0 Å². The lowest BCUT2D eigenvalue weighted by molar-refractivity contribution is -0.262. The minimum atomic E-state index is 0.697. The van der Waals surface area contributed by atoms with E-state index in [1.165, 1.54) is 25.7 Å². The third-order valence-electron chi connectivity index (χ3n) is 4.51. The molecule has 1 saturated heterocycles. The standard InChI is InChI=1S/C11H18O/c1-7-9-6-12-11(9)10(7)8-4-2-3-5-8/h7-11H,2-6H2,1H3. The Morgan fingerprint density at radius 3 is 2.42 bits per heavy atom. The molecule has 2 aliphatic carbocycles. The zero-order valence-electron chi connectivity index (χ0n) is 7.83. The molecule has 3 aliphatic rings. The van der Waals surface area contributed by atoms with Gasteiger partial charge in [-0.15, -0.1) is 0 Å². The van der Waals surface area contributed by atoms with E-state index >= 15 is 0 Å². The van der Waals surface area contributed by atoms with Crippen LogP contribution in [-0.4, -0.2) is 12.7 Å². The summed E-state index contributed by atoms with van der Waals surface area (Å²) < 4.78 is 5.63. The van der Waals surface area contributed by atoms with Crippen LogP contribution in [0.2, 0.25) is 0 Å². The number of hydrogen-bond acceptors (Lipinski definition) is 1. The molecule has 0 amide bonds. The van der Waals surface area contributed by atoms with Crippen LogP contribution in [0.15, 0.2) is 0 Å². The summed E-state index contributed by atoms with van der Waals surface area (Å²) in [4.78, 5) is 0. The van der Waals surface area contributed by atoms with E-state index < -0.39 is 0 Å². The van der Waals surface area contributed by atoms with Gasteiger partial charge in [-0.25, -0.2) is 0 Å². The van der Waals surface area contributed by atoms with Crippen LogP contribution in [0.25, 0.3) is 0 Å². The Morgan fingerprint density at radius 1 is 1.17 bits per heavy atom. The lowest BCUT2D eigenvalue weighted by atomic mass is 9.56. The SMILES string of the molecule is CC1C2COC2C1C1CCCC1. The van der Waals surface area contributed by atoms with Crippen molar-refractivity contribution < 1.29 is 4.74 Å². The molecule has 1 aliphatic heterocycles. The van der Waals surface area contributed by atoms with Gasteiger partial charge in [-0.05, 0) is 17.8 Å². The number of ether oxygens (including phenoxy) is 1. The number of fused-ring (bicyclic) bond motifs is 1. The molecule has 3 fully saturated rings. The minimum absolute atomic E-state index is 0.697. The average Bonchev–Trinajstić information content (AvgIpc) is 2.49. The van der Waals surface area contributed by atoms with Crippen LogP contribution in [0.3, 0.4) is 0 Å². The molecule has 4 atom stereocenters. The van der Waals surface area contributed by atoms with E-state index in [9.17, 15) is 0 Å². The molecule has 2 saturated carbocycles. The van der Waals surface area contributed by atoms with Crippen LogP contribution < -0.4 is 0 Å². The molecule has 1 heterocycles. The Hall–Kier alpha value is -0.0400. The molecule has 0 bridgehead atoms. The summed E-state index contributed by atoms with van der Waals surface area (Å²) in [6.07, 6.45) is 6.63. The fraction of sp³-hybridized carbons (Fsp3) is 1.00. The van der Waals surface area contributed by atoms with Crippen molar-refractivity contribution in [2.45, 2.75) is 38.7 Å². The van der Waals surface area contributed by atoms with Crippen molar-refractivity contribution in [3.63, 3.8) is 0 Å².